The summed E-state index contributed by atoms with van der Waals surface area (Å²) in [6, 6.07) is 18.0. The number of benzene rings is 3. The number of nitrogens with zero attached hydrogens (tertiary/aromatic N) is 4. The minimum absolute atomic E-state index is 0.0615. The number of fused-ring (bicyclic) bond motifs is 1. The van der Waals surface area contributed by atoms with Crippen molar-refractivity contribution in [2.24, 2.45) is 11.0 Å². The Bertz CT molecular complexity index is 1700. The third kappa shape index (κ3) is 5.05. The van der Waals surface area contributed by atoms with Crippen molar-refractivity contribution in [2.75, 3.05) is 11.9 Å². The van der Waals surface area contributed by atoms with Crippen molar-refractivity contribution < 1.29 is 28.8 Å². The predicted molar refractivity (Wildman–Crippen MR) is 145 cm³/mol. The maximum atomic E-state index is 13.4. The van der Waals surface area contributed by atoms with E-state index in [4.69, 9.17) is 4.74 Å². The van der Waals surface area contributed by atoms with Crippen LogP contribution < -0.4 is 10.1 Å². The van der Waals surface area contributed by atoms with Gasteiger partial charge >= 0.3 is 0 Å². The highest BCUT2D eigenvalue weighted by molar-refractivity contribution is 7.22. The second-order valence-corrected chi connectivity index (χ2v) is 9.47. The highest BCUT2D eigenvalue weighted by Crippen LogP contribution is 2.30. The fourth-order valence-electron chi connectivity index (χ4n) is 4.02. The van der Waals surface area contributed by atoms with Crippen LogP contribution in [0.5, 0.6) is 5.75 Å². The van der Waals surface area contributed by atoms with Crippen molar-refractivity contribution in [2.45, 2.75) is 6.92 Å². The summed E-state index contributed by atoms with van der Waals surface area (Å²) < 4.78 is 6.20. The Morgan fingerprint density at radius 3 is 2.48 bits per heavy atom. The van der Waals surface area contributed by atoms with Gasteiger partial charge < -0.3 is 4.74 Å². The molecule has 5 rings (SSSR count). The second-order valence-electron chi connectivity index (χ2n) is 8.44. The highest BCUT2D eigenvalue weighted by atomic mass is 32.1. The van der Waals surface area contributed by atoms with Gasteiger partial charge in [-0.1, -0.05) is 41.7 Å². The summed E-state index contributed by atoms with van der Waals surface area (Å²) >= 11 is 1.13. The smallest absolute Gasteiger partial charge is 0.294 e. The number of ether oxygens (including phenoxy) is 1. The summed E-state index contributed by atoms with van der Waals surface area (Å²) in [6.07, 6.45) is 0. The van der Waals surface area contributed by atoms with Gasteiger partial charge in [0.1, 0.15) is 5.75 Å². The molecule has 4 aromatic rings. The number of amides is 3. The number of imide groups is 1. The maximum Gasteiger partial charge on any atom is 0.294 e. The third-order valence-corrected chi connectivity index (χ3v) is 6.83. The average molecular weight is 558 g/mol. The van der Waals surface area contributed by atoms with E-state index < -0.39 is 34.3 Å². The van der Waals surface area contributed by atoms with E-state index in [1.807, 2.05) is 6.92 Å². The molecule has 12 nitrogen and oxygen atoms in total. The molecule has 1 atom stereocenters. The number of nitro groups is 1. The summed E-state index contributed by atoms with van der Waals surface area (Å²) in [7, 11) is 0. The minimum Gasteiger partial charge on any atom is -0.494 e. The van der Waals surface area contributed by atoms with Crippen LogP contribution in [0.2, 0.25) is 0 Å². The van der Waals surface area contributed by atoms with Gasteiger partial charge in [-0.3, -0.25) is 34.6 Å². The van der Waals surface area contributed by atoms with Gasteiger partial charge in [0.25, 0.3) is 23.4 Å². The van der Waals surface area contributed by atoms with Crippen molar-refractivity contribution in [1.82, 2.24) is 9.99 Å². The topological polar surface area (TPSA) is 161 Å². The Kier molecular flexibility index (Phi) is 7.12. The van der Waals surface area contributed by atoms with Gasteiger partial charge in [0.15, 0.2) is 11.0 Å². The van der Waals surface area contributed by atoms with Gasteiger partial charge in [-0.05, 0) is 42.8 Å². The lowest BCUT2D eigenvalue weighted by molar-refractivity contribution is -0.384. The monoisotopic (exact) mass is 557 g/mol. The first-order chi connectivity index (χ1) is 19.3. The number of aromatic nitrogens is 1. The number of hydrazone groups is 1. The molecule has 2 heterocycles. The number of hydrogen-bond donors (Lipinski definition) is 1. The largest absolute Gasteiger partial charge is 0.494 e. The number of carbonyl (C=O) groups excluding carboxylic acids is 4. The molecule has 0 radical (unpaired) electrons. The summed E-state index contributed by atoms with van der Waals surface area (Å²) in [5, 5.41) is 18.2. The van der Waals surface area contributed by atoms with Crippen LogP contribution in [0.15, 0.2) is 77.9 Å². The summed E-state index contributed by atoms with van der Waals surface area (Å²) in [5.41, 5.74) is 0.565. The normalized spacial score (nSPS) is 14.6. The number of rotatable bonds is 8. The number of nitro benzene ring substituents is 1. The molecule has 200 valence electrons. The zero-order chi connectivity index (χ0) is 28.4. The van der Waals surface area contributed by atoms with Crippen LogP contribution in [0.25, 0.3) is 10.2 Å². The lowest BCUT2D eigenvalue weighted by Crippen LogP contribution is -2.41. The second kappa shape index (κ2) is 10.8. The third-order valence-electron chi connectivity index (χ3n) is 5.90. The van der Waals surface area contributed by atoms with Crippen LogP contribution in [-0.4, -0.2) is 50.7 Å². The molecule has 1 aromatic heterocycles. The van der Waals surface area contributed by atoms with E-state index in [9.17, 15) is 29.3 Å². The van der Waals surface area contributed by atoms with E-state index in [1.165, 1.54) is 12.1 Å². The molecule has 0 saturated carbocycles. The molecule has 1 aliphatic rings. The molecular weight excluding hydrogens is 538 g/mol. The van der Waals surface area contributed by atoms with E-state index in [-0.39, 0.29) is 22.1 Å². The van der Waals surface area contributed by atoms with E-state index in [2.05, 4.69) is 15.4 Å². The predicted octanol–water partition coefficient (Wildman–Crippen LogP) is 3.81. The fraction of sp³-hybridized carbons (Fsp3) is 0.111. The zero-order valence-electron chi connectivity index (χ0n) is 20.8. The molecule has 3 amide bonds. The molecule has 0 saturated heterocycles. The molecular formula is C27H19N5O7S. The van der Waals surface area contributed by atoms with Gasteiger partial charge in [-0.25, -0.2) is 4.98 Å². The van der Waals surface area contributed by atoms with Gasteiger partial charge in [0, 0.05) is 17.7 Å². The number of Topliss-reactive ketones (excluding diaryl/α,β-unsaturated/α-hetero) is 1. The SMILES string of the molecule is CCOc1ccc2nc(NC(=O)C(=O)[C@H]3C(=O)N(C(=O)c4ccc([N+](=O)[O-])cc4)N=C3c3ccccc3)sc2c1. The number of carbonyl (C=O) groups is 4. The van der Waals surface area contributed by atoms with Crippen molar-refractivity contribution in [3.63, 3.8) is 0 Å². The number of non-ortho nitro benzene ring substituents is 1. The minimum atomic E-state index is -1.69. The van der Waals surface area contributed by atoms with Crippen LogP contribution in [0.4, 0.5) is 10.8 Å². The Morgan fingerprint density at radius 1 is 1.07 bits per heavy atom. The molecule has 0 aliphatic carbocycles. The molecule has 13 heteroatoms. The first-order valence-electron chi connectivity index (χ1n) is 11.9. The number of anilines is 1. The van der Waals surface area contributed by atoms with E-state index >= 15 is 0 Å². The first kappa shape index (κ1) is 26.3. The Balaban J connectivity index is 1.42. The standard InChI is InChI=1S/C27H19N5O7S/c1-2-39-18-12-13-19-20(14-18)40-27(28-19)29-24(34)23(33)21-22(15-6-4-3-5-7-15)30-31(26(21)36)25(35)16-8-10-17(11-9-16)32(37)38/h3-14,21H,2H2,1H3,(H,28,29,34)/t21-/m0/s1. The summed E-state index contributed by atoms with van der Waals surface area (Å²) in [6.45, 7) is 2.33. The highest BCUT2D eigenvalue weighted by Gasteiger charge is 2.46. The lowest BCUT2D eigenvalue weighted by Gasteiger charge is -2.12. The van der Waals surface area contributed by atoms with Crippen molar-refractivity contribution in [1.29, 1.82) is 0 Å². The number of thiazole rings is 1. The molecule has 1 aliphatic heterocycles. The molecule has 0 bridgehead atoms. The maximum absolute atomic E-state index is 13.4. The average Bonchev–Trinajstić information content (AvgIpc) is 3.52. The van der Waals surface area contributed by atoms with Gasteiger partial charge in [-0.15, -0.1) is 0 Å². The quantitative estimate of drug-likeness (QED) is 0.112. The van der Waals surface area contributed by atoms with Crippen molar-refractivity contribution in [3.05, 3.63) is 94.0 Å². The molecule has 1 N–H and O–H groups in total. The van der Waals surface area contributed by atoms with Gasteiger partial charge in [0.05, 0.1) is 27.5 Å². The Hall–Kier alpha value is -5.30. The molecule has 0 fully saturated rings. The van der Waals surface area contributed by atoms with Crippen LogP contribution >= 0.6 is 11.3 Å². The zero-order valence-corrected chi connectivity index (χ0v) is 21.6. The molecule has 3 aromatic carbocycles. The van der Waals surface area contributed by atoms with E-state index in [0.717, 1.165) is 28.2 Å². The van der Waals surface area contributed by atoms with Crippen molar-refractivity contribution >= 4 is 61.6 Å². The lowest BCUT2D eigenvalue weighted by atomic mass is 9.92. The Morgan fingerprint density at radius 2 is 1.80 bits per heavy atom. The van der Waals surface area contributed by atoms with Gasteiger partial charge in [-0.2, -0.15) is 10.1 Å². The van der Waals surface area contributed by atoms with Crippen LogP contribution in [0.3, 0.4) is 0 Å². The molecule has 40 heavy (non-hydrogen) atoms. The fourth-order valence-corrected chi connectivity index (χ4v) is 4.91. The van der Waals surface area contributed by atoms with Crippen molar-refractivity contribution in [3.8, 4) is 5.75 Å². The first-order valence-corrected chi connectivity index (χ1v) is 12.7. The van der Waals surface area contributed by atoms with Crippen LogP contribution in [0, 0.1) is 16.0 Å². The number of nitrogens with one attached hydrogen (secondary N) is 1. The summed E-state index contributed by atoms with van der Waals surface area (Å²) in [5.74, 6) is -5.21. The van der Waals surface area contributed by atoms with Crippen LogP contribution in [0.1, 0.15) is 22.8 Å². The van der Waals surface area contributed by atoms with E-state index in [0.29, 0.717) is 28.4 Å². The number of ketones is 1. The number of hydrogen-bond acceptors (Lipinski definition) is 10. The molecule has 0 unspecified atom stereocenters. The van der Waals surface area contributed by atoms with E-state index in [1.54, 1.807) is 48.5 Å². The van der Waals surface area contributed by atoms with Gasteiger partial charge in [0.2, 0.25) is 5.78 Å². The van der Waals surface area contributed by atoms with Crippen LogP contribution in [-0.2, 0) is 14.4 Å². The Labute approximate surface area is 230 Å². The molecule has 0 spiro atoms. The summed E-state index contributed by atoms with van der Waals surface area (Å²) in [4.78, 5) is 67.5.